The third-order valence-corrected chi connectivity index (χ3v) is 5.07. The van der Waals surface area contributed by atoms with Gasteiger partial charge in [-0.05, 0) is 25.8 Å². The number of aliphatic hydroxyl groups excluding tert-OH is 1. The van der Waals surface area contributed by atoms with Gasteiger partial charge in [0, 0.05) is 22.1 Å². The third kappa shape index (κ3) is 2.61. The first-order chi connectivity index (χ1) is 8.13. The monoisotopic (exact) mass is 268 g/mol. The van der Waals surface area contributed by atoms with Crippen molar-refractivity contribution in [3.8, 4) is 0 Å². The fraction of sp³-hybridized carbons (Fsp3) is 0.500. The summed E-state index contributed by atoms with van der Waals surface area (Å²) in [5.41, 5.74) is 1.28. The molecule has 5 heteroatoms. The minimum Gasteiger partial charge on any atom is -0.396 e. The summed E-state index contributed by atoms with van der Waals surface area (Å²) in [6.07, 6.45) is 2.42. The number of fused-ring (bicyclic) bond motifs is 1. The van der Waals surface area contributed by atoms with Crippen LogP contribution in [0, 0.1) is 13.8 Å². The number of nitrogens with zero attached hydrogens (tertiary/aromatic N) is 2. The molecular formula is C12H16N2OS2. The molecular weight excluding hydrogens is 252 g/mol. The average Bonchev–Trinajstić information content (AvgIpc) is 2.56. The van der Waals surface area contributed by atoms with E-state index in [0.29, 0.717) is 5.25 Å². The van der Waals surface area contributed by atoms with Crippen LogP contribution in [0.1, 0.15) is 23.8 Å². The fourth-order valence-corrected chi connectivity index (χ4v) is 3.81. The van der Waals surface area contributed by atoms with Gasteiger partial charge in [0.05, 0.1) is 0 Å². The summed E-state index contributed by atoms with van der Waals surface area (Å²) in [6.45, 7) is 6.58. The van der Waals surface area contributed by atoms with Crippen LogP contribution in [0.25, 0.3) is 10.2 Å². The van der Waals surface area contributed by atoms with E-state index in [1.165, 1.54) is 15.8 Å². The maximum absolute atomic E-state index is 8.94. The van der Waals surface area contributed by atoms with Gasteiger partial charge in [0.25, 0.3) is 0 Å². The first kappa shape index (κ1) is 12.8. The first-order valence-corrected chi connectivity index (χ1v) is 7.31. The molecule has 0 amide bonds. The quantitative estimate of drug-likeness (QED) is 0.683. The summed E-state index contributed by atoms with van der Waals surface area (Å²) in [5, 5.41) is 11.5. The average molecular weight is 268 g/mol. The van der Waals surface area contributed by atoms with Crippen LogP contribution in [-0.2, 0) is 0 Å². The lowest BCUT2D eigenvalue weighted by Crippen LogP contribution is -2.00. The molecule has 0 aliphatic carbocycles. The summed E-state index contributed by atoms with van der Waals surface area (Å²) in [4.78, 5) is 11.1. The molecule has 2 rings (SSSR count). The van der Waals surface area contributed by atoms with E-state index in [9.17, 15) is 0 Å². The zero-order valence-electron chi connectivity index (χ0n) is 10.2. The minimum absolute atomic E-state index is 0.226. The van der Waals surface area contributed by atoms with Gasteiger partial charge in [-0.3, -0.25) is 0 Å². The Morgan fingerprint density at radius 3 is 2.88 bits per heavy atom. The summed E-state index contributed by atoms with van der Waals surface area (Å²) in [6, 6.07) is 0. The highest BCUT2D eigenvalue weighted by molar-refractivity contribution is 8.00. The van der Waals surface area contributed by atoms with Gasteiger partial charge in [0.15, 0.2) is 0 Å². The SMILES string of the molecule is Cc1sc2ncnc(SC(C)CCO)c2c1C. The zero-order chi connectivity index (χ0) is 12.4. The molecule has 2 aromatic heterocycles. The van der Waals surface area contributed by atoms with Crippen molar-refractivity contribution in [3.63, 3.8) is 0 Å². The molecule has 0 aromatic carbocycles. The van der Waals surface area contributed by atoms with Crippen LogP contribution in [0.2, 0.25) is 0 Å². The maximum atomic E-state index is 8.94. The Morgan fingerprint density at radius 2 is 2.18 bits per heavy atom. The molecule has 17 heavy (non-hydrogen) atoms. The van der Waals surface area contributed by atoms with Crippen LogP contribution in [0.4, 0.5) is 0 Å². The fourth-order valence-electron chi connectivity index (χ4n) is 1.67. The van der Waals surface area contributed by atoms with E-state index in [-0.39, 0.29) is 6.61 Å². The largest absolute Gasteiger partial charge is 0.396 e. The second-order valence-electron chi connectivity index (χ2n) is 4.08. The van der Waals surface area contributed by atoms with Crippen LogP contribution >= 0.6 is 23.1 Å². The number of aryl methyl sites for hydroxylation is 2. The summed E-state index contributed by atoms with van der Waals surface area (Å²) in [5.74, 6) is 0. The second-order valence-corrected chi connectivity index (χ2v) is 6.71. The Bertz CT molecular complexity index is 524. The highest BCUT2D eigenvalue weighted by Gasteiger charge is 2.14. The van der Waals surface area contributed by atoms with Crippen LogP contribution in [0.5, 0.6) is 0 Å². The van der Waals surface area contributed by atoms with E-state index in [1.54, 1.807) is 29.4 Å². The number of thioether (sulfide) groups is 1. The number of hydrogen-bond acceptors (Lipinski definition) is 5. The predicted octanol–water partition coefficient (Wildman–Crippen LogP) is 3.17. The molecule has 0 saturated heterocycles. The highest BCUT2D eigenvalue weighted by atomic mass is 32.2. The van der Waals surface area contributed by atoms with Crippen molar-refractivity contribution in [2.24, 2.45) is 0 Å². The molecule has 0 radical (unpaired) electrons. The molecule has 3 nitrogen and oxygen atoms in total. The molecule has 0 saturated carbocycles. The van der Waals surface area contributed by atoms with E-state index < -0.39 is 0 Å². The topological polar surface area (TPSA) is 46.0 Å². The number of rotatable bonds is 4. The van der Waals surface area contributed by atoms with E-state index in [0.717, 1.165) is 16.3 Å². The lowest BCUT2D eigenvalue weighted by molar-refractivity contribution is 0.289. The minimum atomic E-state index is 0.226. The van der Waals surface area contributed by atoms with Crippen LogP contribution in [-0.4, -0.2) is 26.9 Å². The normalized spacial score (nSPS) is 13.2. The molecule has 92 valence electrons. The summed E-state index contributed by atoms with van der Waals surface area (Å²) >= 11 is 3.44. The highest BCUT2D eigenvalue weighted by Crippen LogP contribution is 2.36. The predicted molar refractivity (Wildman–Crippen MR) is 73.9 cm³/mol. The lowest BCUT2D eigenvalue weighted by atomic mass is 10.2. The van der Waals surface area contributed by atoms with Crippen molar-refractivity contribution < 1.29 is 5.11 Å². The van der Waals surface area contributed by atoms with Gasteiger partial charge in [0.2, 0.25) is 0 Å². The maximum Gasteiger partial charge on any atom is 0.128 e. The van der Waals surface area contributed by atoms with Crippen molar-refractivity contribution in [1.82, 2.24) is 9.97 Å². The Morgan fingerprint density at radius 1 is 1.41 bits per heavy atom. The molecule has 1 atom stereocenters. The number of aromatic nitrogens is 2. The molecule has 0 aliphatic heterocycles. The molecule has 0 fully saturated rings. The lowest BCUT2D eigenvalue weighted by Gasteiger charge is -2.09. The first-order valence-electron chi connectivity index (χ1n) is 5.61. The van der Waals surface area contributed by atoms with Crippen molar-refractivity contribution >= 4 is 33.3 Å². The molecule has 0 aliphatic rings. The number of aliphatic hydroxyl groups is 1. The third-order valence-electron chi connectivity index (χ3n) is 2.78. The molecule has 2 aromatic rings. The van der Waals surface area contributed by atoms with Gasteiger partial charge in [0.1, 0.15) is 16.2 Å². The van der Waals surface area contributed by atoms with Gasteiger partial charge in [-0.1, -0.05) is 6.92 Å². The van der Waals surface area contributed by atoms with Crippen molar-refractivity contribution in [2.75, 3.05) is 6.61 Å². The second kappa shape index (κ2) is 5.33. The Labute approximate surface area is 109 Å². The van der Waals surface area contributed by atoms with E-state index in [1.807, 2.05) is 0 Å². The molecule has 2 heterocycles. The van der Waals surface area contributed by atoms with Gasteiger partial charge in [-0.15, -0.1) is 23.1 Å². The number of thiophene rings is 1. The van der Waals surface area contributed by atoms with Crippen LogP contribution in [0.3, 0.4) is 0 Å². The Hall–Kier alpha value is -0.650. The zero-order valence-corrected chi connectivity index (χ0v) is 11.9. The van der Waals surface area contributed by atoms with E-state index in [2.05, 4.69) is 30.7 Å². The Balaban J connectivity index is 2.40. The molecule has 1 unspecified atom stereocenters. The standard InChI is InChI=1S/C12H16N2OS2/c1-7(4-5-15)16-11-10-8(2)9(3)17-12(10)14-6-13-11/h6-7,15H,4-5H2,1-3H3. The van der Waals surface area contributed by atoms with E-state index in [4.69, 9.17) is 5.11 Å². The summed E-state index contributed by atoms with van der Waals surface area (Å²) in [7, 11) is 0. The van der Waals surface area contributed by atoms with Gasteiger partial charge < -0.3 is 5.11 Å². The Kier molecular flexibility index (Phi) is 4.01. The molecule has 0 bridgehead atoms. The van der Waals surface area contributed by atoms with Crippen LogP contribution < -0.4 is 0 Å². The number of hydrogen-bond donors (Lipinski definition) is 1. The smallest absolute Gasteiger partial charge is 0.128 e. The van der Waals surface area contributed by atoms with Gasteiger partial charge >= 0.3 is 0 Å². The van der Waals surface area contributed by atoms with Crippen molar-refractivity contribution in [2.45, 2.75) is 37.5 Å². The molecule has 0 spiro atoms. The van der Waals surface area contributed by atoms with Crippen LogP contribution in [0.15, 0.2) is 11.4 Å². The van der Waals surface area contributed by atoms with Crippen molar-refractivity contribution in [3.05, 3.63) is 16.8 Å². The van der Waals surface area contributed by atoms with Gasteiger partial charge in [-0.25, -0.2) is 9.97 Å². The summed E-state index contributed by atoms with van der Waals surface area (Å²) < 4.78 is 0. The van der Waals surface area contributed by atoms with Crippen molar-refractivity contribution in [1.29, 1.82) is 0 Å². The van der Waals surface area contributed by atoms with E-state index >= 15 is 0 Å². The molecule has 1 N–H and O–H groups in total. The van der Waals surface area contributed by atoms with Gasteiger partial charge in [-0.2, -0.15) is 0 Å².